The molecule has 1 radical (unpaired) electrons. The van der Waals surface area contributed by atoms with Crippen molar-refractivity contribution < 1.29 is 59.5 Å². The Balaban J connectivity index is -0.00000000214. The molecule has 0 heterocycles. The third-order valence-electron chi connectivity index (χ3n) is 0. The number of carboxylic acid groups (broad SMARTS) is 1. The number of aliphatic carboxylic acids is 1. The van der Waals surface area contributed by atoms with Gasteiger partial charge < -0.3 is 38.0 Å². The second kappa shape index (κ2) is 99.2. The van der Waals surface area contributed by atoms with Gasteiger partial charge in [-0.25, -0.2) is 0 Å². The van der Waals surface area contributed by atoms with Crippen LogP contribution in [0.2, 0.25) is 0 Å². The van der Waals surface area contributed by atoms with E-state index in [-0.39, 0.29) is 49.6 Å². The predicted octanol–water partition coefficient (Wildman–Crippen LogP) is -4.86. The first-order chi connectivity index (χ1) is 1.73. The van der Waals surface area contributed by atoms with Gasteiger partial charge in [0.05, 0.1) is 0 Å². The van der Waals surface area contributed by atoms with E-state index in [4.69, 9.17) is 9.90 Å². The van der Waals surface area contributed by atoms with E-state index in [1.165, 1.54) is 0 Å². The molecule has 0 aliphatic rings. The summed E-state index contributed by atoms with van der Waals surface area (Å²) < 4.78 is 0. The molecule has 0 atom stereocenters. The summed E-state index contributed by atoms with van der Waals surface area (Å²) in [4.78, 5) is 9.00. The first-order valence-corrected chi connectivity index (χ1v) is 0.928. The Morgan fingerprint density at radius 1 is 0.909 bits per heavy atom. The standard InChI is InChI=1S/C2H4O2.Co.6H2O/c1-2(3)4;;;;;;;/h1H3,(H,3,4);;6*1H2. The Labute approximate surface area is 73.3 Å². The van der Waals surface area contributed by atoms with Gasteiger partial charge in [-0.15, -0.1) is 0 Å². The van der Waals surface area contributed by atoms with Gasteiger partial charge >= 0.3 is 0 Å². The molecule has 0 aliphatic carbocycles. The Bertz CT molecular complexity index is 35.1. The third-order valence-corrected chi connectivity index (χ3v) is 0. The molecule has 11 heavy (non-hydrogen) atoms. The fraction of sp³-hybridized carbons (Fsp3) is 0.500. The molecular weight excluding hydrogens is 211 g/mol. The molecule has 0 spiro atoms. The molecule has 0 bridgehead atoms. The summed E-state index contributed by atoms with van der Waals surface area (Å²) in [6.45, 7) is 1.08. The first-order valence-electron chi connectivity index (χ1n) is 0.928. The van der Waals surface area contributed by atoms with E-state index in [0.717, 1.165) is 6.92 Å². The summed E-state index contributed by atoms with van der Waals surface area (Å²) in [7, 11) is 0. The van der Waals surface area contributed by atoms with Crippen LogP contribution in [0.25, 0.3) is 0 Å². The maximum absolute atomic E-state index is 9.00. The topological polar surface area (TPSA) is 226 Å². The Morgan fingerprint density at radius 3 is 0.909 bits per heavy atom. The molecule has 0 aromatic rings. The van der Waals surface area contributed by atoms with Gasteiger partial charge in [0.15, 0.2) is 0 Å². The van der Waals surface area contributed by atoms with E-state index in [2.05, 4.69) is 0 Å². The van der Waals surface area contributed by atoms with E-state index in [0.29, 0.717) is 0 Å². The van der Waals surface area contributed by atoms with Crippen molar-refractivity contribution in [1.82, 2.24) is 0 Å². The van der Waals surface area contributed by atoms with Crippen molar-refractivity contribution in [3.8, 4) is 0 Å². The van der Waals surface area contributed by atoms with Gasteiger partial charge in [0.1, 0.15) is 0 Å². The van der Waals surface area contributed by atoms with Crippen molar-refractivity contribution in [3.63, 3.8) is 0 Å². The van der Waals surface area contributed by atoms with E-state index >= 15 is 0 Å². The van der Waals surface area contributed by atoms with Gasteiger partial charge in [0.25, 0.3) is 5.97 Å². The maximum atomic E-state index is 9.00. The monoisotopic (exact) mass is 227 g/mol. The zero-order valence-electron chi connectivity index (χ0n) is 5.69. The van der Waals surface area contributed by atoms with Crippen molar-refractivity contribution >= 4 is 5.97 Å². The molecular formula is C2H16CoO8. The molecule has 0 unspecified atom stereocenters. The second-order valence-electron chi connectivity index (χ2n) is 0.519. The van der Waals surface area contributed by atoms with E-state index in [1.54, 1.807) is 0 Å². The van der Waals surface area contributed by atoms with Crippen molar-refractivity contribution in [2.45, 2.75) is 6.92 Å². The summed E-state index contributed by atoms with van der Waals surface area (Å²) in [5.41, 5.74) is 0. The normalized spacial score (nSPS) is 2.27. The molecule has 0 aromatic heterocycles. The van der Waals surface area contributed by atoms with E-state index < -0.39 is 5.97 Å². The molecule has 8 nitrogen and oxygen atoms in total. The molecule has 0 rings (SSSR count). The largest absolute Gasteiger partial charge is 0.481 e. The minimum atomic E-state index is -0.833. The van der Waals surface area contributed by atoms with Crippen LogP contribution < -0.4 is 0 Å². The molecule has 0 amide bonds. The Hall–Kier alpha value is -0.264. The number of hydrogen-bond donors (Lipinski definition) is 1. The molecule has 81 valence electrons. The van der Waals surface area contributed by atoms with Gasteiger partial charge in [-0.05, 0) is 0 Å². The van der Waals surface area contributed by atoms with Crippen LogP contribution in [0.1, 0.15) is 6.92 Å². The zero-order valence-corrected chi connectivity index (χ0v) is 6.73. The van der Waals surface area contributed by atoms with Crippen molar-refractivity contribution in [2.24, 2.45) is 0 Å². The van der Waals surface area contributed by atoms with Gasteiger partial charge in [-0.2, -0.15) is 0 Å². The zero-order chi connectivity index (χ0) is 3.58. The first kappa shape index (κ1) is 136. The predicted molar refractivity (Wildman–Crippen MR) is 35.0 cm³/mol. The van der Waals surface area contributed by atoms with Crippen LogP contribution in [0.15, 0.2) is 0 Å². The summed E-state index contributed by atoms with van der Waals surface area (Å²) in [5, 5.41) is 7.42. The van der Waals surface area contributed by atoms with E-state index in [9.17, 15) is 0 Å². The fourth-order valence-corrected chi connectivity index (χ4v) is 0. The van der Waals surface area contributed by atoms with Gasteiger partial charge in [-0.1, -0.05) is 0 Å². The third kappa shape index (κ3) is 8390. The number of carboxylic acids is 1. The smallest absolute Gasteiger partial charge is 0.300 e. The number of carbonyl (C=O) groups is 1. The van der Waals surface area contributed by atoms with Gasteiger partial charge in [-0.3, -0.25) is 4.79 Å². The number of hydrogen-bond acceptors (Lipinski definition) is 1. The van der Waals surface area contributed by atoms with Gasteiger partial charge in [0, 0.05) is 23.7 Å². The minimum Gasteiger partial charge on any atom is -0.481 e. The minimum absolute atomic E-state index is 0. The fourth-order valence-electron chi connectivity index (χ4n) is 0. The van der Waals surface area contributed by atoms with Crippen molar-refractivity contribution in [3.05, 3.63) is 0 Å². The van der Waals surface area contributed by atoms with Crippen molar-refractivity contribution in [2.75, 3.05) is 0 Å². The van der Waals surface area contributed by atoms with E-state index in [1.807, 2.05) is 0 Å². The van der Waals surface area contributed by atoms with Crippen LogP contribution in [-0.4, -0.2) is 43.9 Å². The molecule has 0 aromatic carbocycles. The SMILES string of the molecule is CC(=O)O.O.O.O.O.O.O.[Co]. The summed E-state index contributed by atoms with van der Waals surface area (Å²) in [5.74, 6) is -0.833. The summed E-state index contributed by atoms with van der Waals surface area (Å²) >= 11 is 0. The average Bonchev–Trinajstić information content (AvgIpc) is 0.811. The summed E-state index contributed by atoms with van der Waals surface area (Å²) in [6.07, 6.45) is 0. The Kier molecular flexibility index (Phi) is 1230. The Morgan fingerprint density at radius 2 is 0.909 bits per heavy atom. The second-order valence-corrected chi connectivity index (χ2v) is 0.519. The summed E-state index contributed by atoms with van der Waals surface area (Å²) in [6, 6.07) is 0. The van der Waals surface area contributed by atoms with Crippen LogP contribution in [0.4, 0.5) is 0 Å². The quantitative estimate of drug-likeness (QED) is 0.429. The van der Waals surface area contributed by atoms with Crippen LogP contribution in [0, 0.1) is 0 Å². The average molecular weight is 227 g/mol. The molecule has 0 saturated carbocycles. The molecule has 0 saturated heterocycles. The maximum Gasteiger partial charge on any atom is 0.300 e. The number of rotatable bonds is 0. The van der Waals surface area contributed by atoms with Gasteiger partial charge in [0.2, 0.25) is 0 Å². The molecule has 0 fully saturated rings. The van der Waals surface area contributed by atoms with Crippen LogP contribution >= 0.6 is 0 Å². The van der Waals surface area contributed by atoms with Crippen LogP contribution in [0.5, 0.6) is 0 Å². The molecule has 9 heteroatoms. The molecule has 0 aliphatic heterocycles. The van der Waals surface area contributed by atoms with Crippen LogP contribution in [0.3, 0.4) is 0 Å². The van der Waals surface area contributed by atoms with Crippen molar-refractivity contribution in [1.29, 1.82) is 0 Å². The van der Waals surface area contributed by atoms with Crippen LogP contribution in [-0.2, 0) is 21.6 Å². The molecule has 13 N–H and O–H groups in total.